The molecule has 32 heavy (non-hydrogen) atoms. The third kappa shape index (κ3) is 3.56. The number of carbonyl (C=O) groups is 1. The van der Waals surface area contributed by atoms with Gasteiger partial charge in [-0.15, -0.1) is 0 Å². The minimum Gasteiger partial charge on any atom is -0.481 e. The van der Waals surface area contributed by atoms with Crippen LogP contribution in [0.15, 0.2) is 47.8 Å². The number of amides is 1. The summed E-state index contributed by atoms with van der Waals surface area (Å²) in [5, 5.41) is 2.50. The average Bonchev–Trinajstić information content (AvgIpc) is 3.16. The second-order valence-corrected chi connectivity index (χ2v) is 8.62. The first-order valence-electron chi connectivity index (χ1n) is 9.61. The fraction of sp³-hybridized carbons (Fsp3) is 0.238. The number of aromatic nitrogens is 2. The summed E-state index contributed by atoms with van der Waals surface area (Å²) < 4.78 is 60.4. The number of fused-ring (bicyclic) bond motifs is 2. The van der Waals surface area contributed by atoms with E-state index in [1.807, 2.05) is 13.0 Å². The van der Waals surface area contributed by atoms with Crippen LogP contribution in [-0.2, 0) is 11.0 Å². The maximum atomic E-state index is 13.5. The van der Waals surface area contributed by atoms with Crippen LogP contribution in [-0.4, -0.2) is 22.2 Å². The Morgan fingerprint density at radius 3 is 2.66 bits per heavy atom. The Labute approximate surface area is 183 Å². The fourth-order valence-electron chi connectivity index (χ4n) is 3.89. The van der Waals surface area contributed by atoms with Gasteiger partial charge in [0.2, 0.25) is 0 Å². The third-order valence-electron chi connectivity index (χ3n) is 5.30. The van der Waals surface area contributed by atoms with Crippen molar-refractivity contribution in [2.45, 2.75) is 29.5 Å². The van der Waals surface area contributed by atoms with Crippen molar-refractivity contribution < 1.29 is 27.1 Å². The number of alkyl halides is 3. The second kappa shape index (κ2) is 7.44. The molecule has 1 amide bonds. The number of rotatable bonds is 2. The zero-order chi connectivity index (χ0) is 22.6. The molecule has 0 saturated carbocycles. The number of imidazole rings is 1. The summed E-state index contributed by atoms with van der Waals surface area (Å²) in [5.41, 5.74) is 4.63. The molecule has 0 radical (unpaired) electrons. The highest BCUT2D eigenvalue weighted by molar-refractivity contribution is 7.99. The van der Waals surface area contributed by atoms with Crippen LogP contribution < -0.4 is 15.5 Å². The molecular formula is C21H16F4N4O2S. The van der Waals surface area contributed by atoms with Gasteiger partial charge < -0.3 is 15.5 Å². The van der Waals surface area contributed by atoms with Gasteiger partial charge in [-0.25, -0.2) is 14.1 Å². The largest absolute Gasteiger partial charge is 0.481 e. The number of anilines is 1. The maximum Gasteiger partial charge on any atom is 0.434 e. The smallest absolute Gasteiger partial charge is 0.434 e. The van der Waals surface area contributed by atoms with E-state index in [0.29, 0.717) is 17.0 Å². The molecule has 3 aromatic rings. The van der Waals surface area contributed by atoms with Crippen LogP contribution in [0.4, 0.5) is 23.2 Å². The zero-order valence-corrected chi connectivity index (χ0v) is 17.4. The highest BCUT2D eigenvalue weighted by atomic mass is 32.2. The van der Waals surface area contributed by atoms with Gasteiger partial charge in [-0.2, -0.15) is 13.2 Å². The molecule has 0 saturated heterocycles. The Hall–Kier alpha value is -3.21. The molecule has 0 aliphatic carbocycles. The van der Waals surface area contributed by atoms with Gasteiger partial charge in [0.05, 0.1) is 23.2 Å². The molecule has 0 bridgehead atoms. The van der Waals surface area contributed by atoms with E-state index in [2.05, 4.69) is 15.7 Å². The molecular weight excluding hydrogens is 448 g/mol. The highest BCUT2D eigenvalue weighted by Crippen LogP contribution is 2.50. The number of aryl methyl sites for hydroxylation is 1. The number of benzene rings is 2. The van der Waals surface area contributed by atoms with E-state index in [4.69, 9.17) is 4.74 Å². The fourth-order valence-corrected chi connectivity index (χ4v) is 5.11. The lowest BCUT2D eigenvalue weighted by Gasteiger charge is -2.35. The monoisotopic (exact) mass is 464 g/mol. The first-order valence-corrected chi connectivity index (χ1v) is 10.5. The Morgan fingerprint density at radius 2 is 1.94 bits per heavy atom. The minimum atomic E-state index is -4.59. The van der Waals surface area contributed by atoms with Crippen LogP contribution in [0.3, 0.4) is 0 Å². The van der Waals surface area contributed by atoms with E-state index in [9.17, 15) is 22.4 Å². The number of ether oxygens (including phenoxy) is 1. The molecule has 2 aliphatic heterocycles. The van der Waals surface area contributed by atoms with E-state index >= 15 is 0 Å². The molecule has 166 valence electrons. The highest BCUT2D eigenvalue weighted by Gasteiger charge is 2.41. The quantitative estimate of drug-likeness (QED) is 0.533. The number of nitrogens with zero attached hydrogens (tertiary/aromatic N) is 2. The standard InChI is InChI=1S/C21H16F4N4O2S/c1-10-6-12(7-14-18(10)31-9-16(30)27-14)19-17(11-2-4-13(22)5-3-11)28-29-15(21(23,24)25)8-26-20(29)32-19/h2-8,17,19,28H,9H2,1H3,(H,27,30). The zero-order valence-electron chi connectivity index (χ0n) is 16.5. The van der Waals surface area contributed by atoms with Crippen LogP contribution in [0.25, 0.3) is 0 Å². The number of nitrogens with one attached hydrogen (secondary N) is 2. The molecule has 6 nitrogen and oxygen atoms in total. The van der Waals surface area contributed by atoms with Crippen molar-refractivity contribution in [3.05, 3.63) is 70.8 Å². The predicted octanol–water partition coefficient (Wildman–Crippen LogP) is 4.81. The van der Waals surface area contributed by atoms with Gasteiger partial charge in [0.1, 0.15) is 11.6 Å². The van der Waals surface area contributed by atoms with Gasteiger partial charge in [-0.05, 0) is 41.8 Å². The van der Waals surface area contributed by atoms with Crippen LogP contribution in [0.5, 0.6) is 5.75 Å². The predicted molar refractivity (Wildman–Crippen MR) is 110 cm³/mol. The molecule has 0 fully saturated rings. The second-order valence-electron chi connectivity index (χ2n) is 7.51. The lowest BCUT2D eigenvalue weighted by atomic mass is 9.96. The summed E-state index contributed by atoms with van der Waals surface area (Å²) >= 11 is 1.16. The summed E-state index contributed by atoms with van der Waals surface area (Å²) in [6.07, 6.45) is -3.81. The number of hydrogen-bond donors (Lipinski definition) is 2. The Morgan fingerprint density at radius 1 is 1.19 bits per heavy atom. The van der Waals surface area contributed by atoms with Crippen molar-refractivity contribution >= 4 is 23.4 Å². The van der Waals surface area contributed by atoms with E-state index in [-0.39, 0.29) is 17.7 Å². The van der Waals surface area contributed by atoms with E-state index in [1.165, 1.54) is 24.3 Å². The van der Waals surface area contributed by atoms with Gasteiger partial charge in [-0.1, -0.05) is 30.0 Å². The molecule has 2 N–H and O–H groups in total. The van der Waals surface area contributed by atoms with Crippen molar-refractivity contribution in [2.24, 2.45) is 0 Å². The summed E-state index contributed by atoms with van der Waals surface area (Å²) in [5.74, 6) is -0.178. The number of halogens is 4. The van der Waals surface area contributed by atoms with Crippen molar-refractivity contribution in [1.29, 1.82) is 0 Å². The van der Waals surface area contributed by atoms with E-state index in [1.54, 1.807) is 6.07 Å². The molecule has 3 heterocycles. The van der Waals surface area contributed by atoms with Crippen LogP contribution >= 0.6 is 11.8 Å². The van der Waals surface area contributed by atoms with Gasteiger partial charge >= 0.3 is 6.18 Å². The lowest BCUT2D eigenvalue weighted by molar-refractivity contribution is -0.143. The molecule has 2 aliphatic rings. The summed E-state index contributed by atoms with van der Waals surface area (Å²) in [7, 11) is 0. The normalized spacial score (nSPS) is 20.0. The van der Waals surface area contributed by atoms with Gasteiger partial charge in [0, 0.05) is 0 Å². The summed E-state index contributed by atoms with van der Waals surface area (Å²) in [6, 6.07) is 8.57. The Balaban J connectivity index is 1.62. The Bertz CT molecular complexity index is 1210. The third-order valence-corrected chi connectivity index (χ3v) is 6.60. The SMILES string of the molecule is Cc1cc(C2Sc3ncc(C(F)(F)F)n3NC2c2ccc(F)cc2)cc2c1OCC(=O)N2. The number of hydrogen-bond acceptors (Lipinski definition) is 5. The Kier molecular flexibility index (Phi) is 4.81. The number of thioether (sulfide) groups is 1. The first kappa shape index (κ1) is 20.7. The summed E-state index contributed by atoms with van der Waals surface area (Å²) in [6.45, 7) is 1.75. The van der Waals surface area contributed by atoms with Crippen molar-refractivity contribution in [1.82, 2.24) is 9.66 Å². The molecule has 5 rings (SSSR count). The van der Waals surface area contributed by atoms with E-state index in [0.717, 1.165) is 33.8 Å². The summed E-state index contributed by atoms with van der Waals surface area (Å²) in [4.78, 5) is 15.7. The van der Waals surface area contributed by atoms with Crippen LogP contribution in [0.2, 0.25) is 0 Å². The van der Waals surface area contributed by atoms with Crippen molar-refractivity contribution in [3.8, 4) is 5.75 Å². The van der Waals surface area contributed by atoms with Gasteiger partial charge in [-0.3, -0.25) is 4.79 Å². The molecule has 2 atom stereocenters. The van der Waals surface area contributed by atoms with Crippen LogP contribution in [0.1, 0.15) is 33.7 Å². The molecule has 11 heteroatoms. The molecule has 2 unspecified atom stereocenters. The first-order chi connectivity index (χ1) is 15.2. The van der Waals surface area contributed by atoms with Crippen molar-refractivity contribution in [2.75, 3.05) is 17.3 Å². The maximum absolute atomic E-state index is 13.5. The van der Waals surface area contributed by atoms with Gasteiger partial charge in [0.15, 0.2) is 17.5 Å². The minimum absolute atomic E-state index is 0.0806. The van der Waals surface area contributed by atoms with Crippen molar-refractivity contribution in [3.63, 3.8) is 0 Å². The topological polar surface area (TPSA) is 68.2 Å². The molecule has 0 spiro atoms. The van der Waals surface area contributed by atoms with E-state index < -0.39 is 29.0 Å². The molecule has 2 aromatic carbocycles. The lowest BCUT2D eigenvalue weighted by Crippen LogP contribution is -2.33. The van der Waals surface area contributed by atoms with Crippen LogP contribution in [0, 0.1) is 12.7 Å². The number of carbonyl (C=O) groups excluding carboxylic acids is 1. The van der Waals surface area contributed by atoms with Gasteiger partial charge in [0.25, 0.3) is 5.91 Å². The average molecular weight is 464 g/mol. The molecule has 1 aromatic heterocycles.